The number of hydrogen-bond acceptors (Lipinski definition) is 7. The Labute approximate surface area is 169 Å². The highest BCUT2D eigenvalue weighted by molar-refractivity contribution is 6.00. The fourth-order valence-electron chi connectivity index (χ4n) is 3.86. The van der Waals surface area contributed by atoms with Gasteiger partial charge >= 0.3 is 6.18 Å². The molecule has 11 heteroatoms. The number of anilines is 2. The van der Waals surface area contributed by atoms with Crippen molar-refractivity contribution in [3.8, 4) is 11.4 Å². The average molecular weight is 420 g/mol. The summed E-state index contributed by atoms with van der Waals surface area (Å²) in [5.41, 5.74) is -0.343. The molecule has 0 bridgehead atoms. The van der Waals surface area contributed by atoms with Crippen molar-refractivity contribution in [2.45, 2.75) is 11.8 Å². The smallest absolute Gasteiger partial charge is 0.378 e. The van der Waals surface area contributed by atoms with Gasteiger partial charge in [-0.3, -0.25) is 10.1 Å². The van der Waals surface area contributed by atoms with Crippen molar-refractivity contribution < 1.29 is 23.0 Å². The van der Waals surface area contributed by atoms with Crippen molar-refractivity contribution in [2.24, 2.45) is 0 Å². The zero-order valence-electron chi connectivity index (χ0n) is 15.9. The molecule has 30 heavy (non-hydrogen) atoms. The number of nitrogens with zero attached hydrogens (tertiary/aromatic N) is 5. The molecule has 5 heterocycles. The van der Waals surface area contributed by atoms with Gasteiger partial charge in [0.15, 0.2) is 5.60 Å². The monoisotopic (exact) mass is 420 g/mol. The maximum Gasteiger partial charge on any atom is 0.420 e. The van der Waals surface area contributed by atoms with E-state index in [1.807, 2.05) is 4.90 Å². The molecule has 3 aromatic heterocycles. The van der Waals surface area contributed by atoms with Crippen LogP contribution in [0.15, 0.2) is 30.6 Å². The summed E-state index contributed by atoms with van der Waals surface area (Å²) in [5, 5.41) is 17.4. The largest absolute Gasteiger partial charge is 0.420 e. The lowest BCUT2D eigenvalue weighted by Crippen LogP contribution is -2.69. The zero-order valence-corrected chi connectivity index (χ0v) is 15.9. The predicted molar refractivity (Wildman–Crippen MR) is 103 cm³/mol. The minimum absolute atomic E-state index is 0.528. The third-order valence-corrected chi connectivity index (χ3v) is 5.56. The lowest BCUT2D eigenvalue weighted by Gasteiger charge is -2.48. The molecule has 3 aromatic rings. The average Bonchev–Trinajstić information content (AvgIpc) is 3.24. The van der Waals surface area contributed by atoms with Gasteiger partial charge in [0.25, 0.3) is 0 Å². The summed E-state index contributed by atoms with van der Waals surface area (Å²) in [6, 6.07) is 5.27. The summed E-state index contributed by atoms with van der Waals surface area (Å²) in [6.45, 7) is 1.30. The Morgan fingerprint density at radius 3 is 2.53 bits per heavy atom. The molecular weight excluding hydrogens is 401 g/mol. The molecule has 5 rings (SSSR count). The maximum atomic E-state index is 13.2. The minimum Gasteiger partial charge on any atom is -0.378 e. The van der Waals surface area contributed by atoms with Crippen LogP contribution in [0.3, 0.4) is 0 Å². The molecule has 0 radical (unpaired) electrons. The van der Waals surface area contributed by atoms with Gasteiger partial charge in [0.05, 0.1) is 37.7 Å². The van der Waals surface area contributed by atoms with Crippen LogP contribution in [0.4, 0.5) is 24.7 Å². The van der Waals surface area contributed by atoms with Crippen molar-refractivity contribution in [1.29, 1.82) is 0 Å². The van der Waals surface area contributed by atoms with Gasteiger partial charge in [-0.05, 0) is 12.1 Å². The Morgan fingerprint density at radius 2 is 1.87 bits per heavy atom. The number of rotatable bonds is 3. The maximum absolute atomic E-state index is 13.2. The van der Waals surface area contributed by atoms with Crippen molar-refractivity contribution in [2.75, 3.05) is 49.2 Å². The molecule has 2 aliphatic heterocycles. The van der Waals surface area contributed by atoms with E-state index in [1.165, 1.54) is 4.90 Å². The highest BCUT2D eigenvalue weighted by atomic mass is 19.4. The molecule has 0 amide bonds. The third-order valence-electron chi connectivity index (χ3n) is 5.56. The topological polar surface area (TPSA) is 90.4 Å². The minimum atomic E-state index is -4.68. The molecule has 0 spiro atoms. The van der Waals surface area contributed by atoms with E-state index in [2.05, 4.69) is 15.2 Å². The van der Waals surface area contributed by atoms with E-state index >= 15 is 0 Å². The van der Waals surface area contributed by atoms with E-state index in [4.69, 9.17) is 9.72 Å². The number of H-pyrrole nitrogens is 1. The van der Waals surface area contributed by atoms with Crippen LogP contribution in [0.1, 0.15) is 0 Å². The molecule has 2 saturated heterocycles. The van der Waals surface area contributed by atoms with E-state index < -0.39 is 24.9 Å². The number of ether oxygens (including phenoxy) is 1. The van der Waals surface area contributed by atoms with E-state index in [0.29, 0.717) is 60.1 Å². The number of morpholine rings is 1. The van der Waals surface area contributed by atoms with Crippen LogP contribution < -0.4 is 9.80 Å². The quantitative estimate of drug-likeness (QED) is 0.670. The van der Waals surface area contributed by atoms with Gasteiger partial charge in [0, 0.05) is 36.9 Å². The van der Waals surface area contributed by atoms with E-state index in [9.17, 15) is 18.3 Å². The summed E-state index contributed by atoms with van der Waals surface area (Å²) in [6.07, 6.45) is -1.49. The number of aromatic amines is 1. The first kappa shape index (κ1) is 19.1. The first-order valence-corrected chi connectivity index (χ1v) is 9.52. The Hall–Kier alpha value is -2.92. The fourth-order valence-corrected chi connectivity index (χ4v) is 3.86. The van der Waals surface area contributed by atoms with Crippen LogP contribution in [0.5, 0.6) is 0 Å². The SMILES string of the molecule is OC1(C(F)(F)F)CN(c2cc(N3CCOCC3)nc3c(-c4ccn[nH]4)nccc23)C1. The van der Waals surface area contributed by atoms with Crippen molar-refractivity contribution in [3.05, 3.63) is 30.6 Å². The number of β-amino-alcohol motifs (C(OH)–C–C–N with tert-alkyl or cyclic N) is 1. The summed E-state index contributed by atoms with van der Waals surface area (Å²) in [7, 11) is 0. The molecule has 2 fully saturated rings. The van der Waals surface area contributed by atoms with Crippen LogP contribution in [0.25, 0.3) is 22.3 Å². The number of alkyl halides is 3. The third kappa shape index (κ3) is 3.05. The molecule has 158 valence electrons. The van der Waals surface area contributed by atoms with E-state index in [-0.39, 0.29) is 0 Å². The number of hydrogen-bond donors (Lipinski definition) is 2. The van der Waals surface area contributed by atoms with Gasteiger partial charge in [-0.25, -0.2) is 4.98 Å². The Bertz CT molecular complexity index is 1060. The highest BCUT2D eigenvalue weighted by Crippen LogP contribution is 2.43. The van der Waals surface area contributed by atoms with Crippen LogP contribution >= 0.6 is 0 Å². The van der Waals surface area contributed by atoms with Crippen molar-refractivity contribution >= 4 is 22.4 Å². The number of nitrogens with one attached hydrogen (secondary N) is 1. The van der Waals surface area contributed by atoms with Crippen LogP contribution in [-0.4, -0.2) is 76.4 Å². The second-order valence-electron chi connectivity index (χ2n) is 7.51. The molecule has 2 N–H and O–H groups in total. The first-order valence-electron chi connectivity index (χ1n) is 9.52. The van der Waals surface area contributed by atoms with Gasteiger partial charge < -0.3 is 19.6 Å². The molecule has 2 aliphatic rings. The number of halogens is 3. The molecule has 0 aromatic carbocycles. The van der Waals surface area contributed by atoms with Crippen molar-refractivity contribution in [1.82, 2.24) is 20.2 Å². The Balaban J connectivity index is 1.63. The van der Waals surface area contributed by atoms with Crippen molar-refractivity contribution in [3.63, 3.8) is 0 Å². The summed E-state index contributed by atoms with van der Waals surface area (Å²) < 4.78 is 44.9. The highest BCUT2D eigenvalue weighted by Gasteiger charge is 2.61. The first-order chi connectivity index (χ1) is 14.4. The molecule has 0 aliphatic carbocycles. The Morgan fingerprint density at radius 1 is 1.10 bits per heavy atom. The number of aromatic nitrogens is 4. The summed E-state index contributed by atoms with van der Waals surface area (Å²) in [5.74, 6) is 0.636. The number of fused-ring (bicyclic) bond motifs is 1. The second-order valence-corrected chi connectivity index (χ2v) is 7.51. The fraction of sp³-hybridized carbons (Fsp3) is 0.421. The normalized spacial score (nSPS) is 19.2. The van der Waals surface area contributed by atoms with Gasteiger partial charge in [-0.15, -0.1) is 0 Å². The van der Waals surface area contributed by atoms with Gasteiger partial charge in [0.2, 0.25) is 0 Å². The van der Waals surface area contributed by atoms with Gasteiger partial charge in [0.1, 0.15) is 17.0 Å². The summed E-state index contributed by atoms with van der Waals surface area (Å²) >= 11 is 0. The van der Waals surface area contributed by atoms with Crippen LogP contribution in [0.2, 0.25) is 0 Å². The standard InChI is InChI=1S/C19H19F3N6O2/c20-19(21,22)18(29)10-28(11-18)14-9-15(27-5-7-30-8-6-27)25-16-12(14)1-3-23-17(16)13-2-4-24-26-13/h1-4,9,29H,5-8,10-11H2,(H,24,26). The zero-order chi connectivity index (χ0) is 20.9. The lowest BCUT2D eigenvalue weighted by molar-refractivity contribution is -0.267. The lowest BCUT2D eigenvalue weighted by atomic mass is 9.92. The Kier molecular flexibility index (Phi) is 4.33. The van der Waals surface area contributed by atoms with Crippen LogP contribution in [0, 0.1) is 0 Å². The van der Waals surface area contributed by atoms with Gasteiger partial charge in [-0.1, -0.05) is 0 Å². The summed E-state index contributed by atoms with van der Waals surface area (Å²) in [4.78, 5) is 12.8. The van der Waals surface area contributed by atoms with Crippen LogP contribution in [-0.2, 0) is 4.74 Å². The molecule has 0 saturated carbocycles. The number of pyridine rings is 2. The predicted octanol–water partition coefficient (Wildman–Crippen LogP) is 1.97. The number of aliphatic hydroxyl groups is 1. The van der Waals surface area contributed by atoms with Gasteiger partial charge in [-0.2, -0.15) is 18.3 Å². The second kappa shape index (κ2) is 6.81. The molecular formula is C19H19F3N6O2. The molecule has 0 unspecified atom stereocenters. The molecule has 0 atom stereocenters. The molecule has 8 nitrogen and oxygen atoms in total. The van der Waals surface area contributed by atoms with E-state index in [1.54, 1.807) is 30.6 Å². The van der Waals surface area contributed by atoms with E-state index in [0.717, 1.165) is 0 Å².